The van der Waals surface area contributed by atoms with E-state index in [1.54, 1.807) is 12.1 Å². The first-order valence-electron chi connectivity index (χ1n) is 9.28. The molecule has 3 aromatic rings. The second kappa shape index (κ2) is 8.38. The van der Waals surface area contributed by atoms with Crippen molar-refractivity contribution in [1.82, 2.24) is 0 Å². The maximum absolute atomic E-state index is 13.2. The Labute approximate surface area is 193 Å². The Morgan fingerprint density at radius 3 is 2.52 bits per heavy atom. The number of rotatable bonds is 4. The first-order chi connectivity index (χ1) is 14.8. The molecule has 0 radical (unpaired) electrons. The lowest BCUT2D eigenvalue weighted by Crippen LogP contribution is -2.29. The van der Waals surface area contributed by atoms with Gasteiger partial charge in [-0.1, -0.05) is 47.5 Å². The van der Waals surface area contributed by atoms with Crippen LogP contribution in [0.4, 0.5) is 5.69 Å². The molecule has 8 heteroatoms. The summed E-state index contributed by atoms with van der Waals surface area (Å²) < 4.78 is 5.34. The highest BCUT2D eigenvalue weighted by Gasteiger charge is 2.48. The largest absolute Gasteiger partial charge is 0.507 e. The number of benzene rings is 2. The van der Waals surface area contributed by atoms with Crippen LogP contribution < -0.4 is 9.64 Å². The average Bonchev–Trinajstić information content (AvgIpc) is 3.35. The molecule has 1 aliphatic rings. The summed E-state index contributed by atoms with van der Waals surface area (Å²) in [4.78, 5) is 28.5. The molecule has 0 saturated carbocycles. The van der Waals surface area contributed by atoms with Crippen LogP contribution in [0.3, 0.4) is 0 Å². The Morgan fingerprint density at radius 1 is 1.13 bits per heavy atom. The monoisotopic (exact) mass is 473 g/mol. The number of aryl methyl sites for hydroxylation is 1. The van der Waals surface area contributed by atoms with Gasteiger partial charge in [-0.2, -0.15) is 0 Å². The average molecular weight is 474 g/mol. The molecule has 2 aromatic carbocycles. The third kappa shape index (κ3) is 3.61. The number of halogens is 2. The van der Waals surface area contributed by atoms with Gasteiger partial charge in [0.1, 0.15) is 17.6 Å². The number of amides is 1. The number of anilines is 1. The molecule has 1 amide bonds. The standard InChI is InChI=1S/C23H17Cl2NO4S/c1-12-6-3-4-7-16(12)26-19(17-8-5-9-31-17)18(21(28)23(26)29)20(27)14-10-13(24)11-15(25)22(14)30-2/h3-11,19,27H,1-2H3/b20-18-. The second-order valence-electron chi connectivity index (χ2n) is 6.94. The van der Waals surface area contributed by atoms with Crippen molar-refractivity contribution in [2.24, 2.45) is 0 Å². The van der Waals surface area contributed by atoms with Gasteiger partial charge in [0.15, 0.2) is 0 Å². The smallest absolute Gasteiger partial charge is 0.300 e. The van der Waals surface area contributed by atoms with Gasteiger partial charge in [-0.25, -0.2) is 0 Å². The number of ketones is 1. The number of carbonyl (C=O) groups is 2. The number of hydrogen-bond donors (Lipinski definition) is 1. The minimum absolute atomic E-state index is 0.0488. The lowest BCUT2D eigenvalue weighted by atomic mass is 9.99. The van der Waals surface area contributed by atoms with E-state index in [2.05, 4.69) is 0 Å². The summed E-state index contributed by atoms with van der Waals surface area (Å²) >= 11 is 13.8. The van der Waals surface area contributed by atoms with Crippen LogP contribution in [0.2, 0.25) is 10.0 Å². The van der Waals surface area contributed by atoms with E-state index < -0.39 is 23.5 Å². The summed E-state index contributed by atoms with van der Waals surface area (Å²) in [5, 5.41) is 13.5. The lowest BCUT2D eigenvalue weighted by Gasteiger charge is -2.25. The summed E-state index contributed by atoms with van der Waals surface area (Å²) in [7, 11) is 1.40. The van der Waals surface area contributed by atoms with E-state index in [9.17, 15) is 14.7 Å². The summed E-state index contributed by atoms with van der Waals surface area (Å²) in [5.74, 6) is -1.75. The zero-order valence-corrected chi connectivity index (χ0v) is 18.9. The molecule has 1 unspecified atom stereocenters. The van der Waals surface area contributed by atoms with E-state index in [-0.39, 0.29) is 26.9 Å². The van der Waals surface area contributed by atoms with Gasteiger partial charge in [0.25, 0.3) is 11.7 Å². The Hall–Kier alpha value is -2.80. The van der Waals surface area contributed by atoms with Crippen molar-refractivity contribution in [3.05, 3.63) is 85.5 Å². The van der Waals surface area contributed by atoms with Crippen LogP contribution >= 0.6 is 34.5 Å². The highest BCUT2D eigenvalue weighted by Crippen LogP contribution is 2.46. The number of methoxy groups -OCH3 is 1. The van der Waals surface area contributed by atoms with E-state index in [0.717, 1.165) is 10.4 Å². The van der Waals surface area contributed by atoms with Crippen LogP contribution in [0.5, 0.6) is 5.75 Å². The van der Waals surface area contributed by atoms with Gasteiger partial charge in [-0.05, 0) is 42.1 Å². The number of thiophene rings is 1. The molecule has 158 valence electrons. The molecule has 1 aromatic heterocycles. The number of Topliss-reactive ketones (excluding diaryl/α,β-unsaturated/α-hetero) is 1. The van der Waals surface area contributed by atoms with Crippen molar-refractivity contribution in [2.45, 2.75) is 13.0 Å². The van der Waals surface area contributed by atoms with Crippen molar-refractivity contribution in [3.8, 4) is 5.75 Å². The molecular weight excluding hydrogens is 457 g/mol. The lowest BCUT2D eigenvalue weighted by molar-refractivity contribution is -0.132. The minimum Gasteiger partial charge on any atom is -0.507 e. The van der Waals surface area contributed by atoms with Gasteiger partial charge >= 0.3 is 0 Å². The molecule has 0 aliphatic carbocycles. The predicted octanol–water partition coefficient (Wildman–Crippen LogP) is 6.00. The van der Waals surface area contributed by atoms with E-state index >= 15 is 0 Å². The van der Waals surface area contributed by atoms with Crippen LogP contribution in [0.1, 0.15) is 22.0 Å². The second-order valence-corrected chi connectivity index (χ2v) is 8.76. The first kappa shape index (κ1) is 21.4. The maximum Gasteiger partial charge on any atom is 0.300 e. The Morgan fingerprint density at radius 2 is 1.87 bits per heavy atom. The molecule has 1 saturated heterocycles. The first-order valence-corrected chi connectivity index (χ1v) is 10.9. The molecule has 0 spiro atoms. The molecule has 2 heterocycles. The molecule has 5 nitrogen and oxygen atoms in total. The quantitative estimate of drug-likeness (QED) is 0.286. The fourth-order valence-corrected chi connectivity index (χ4v) is 5.11. The molecule has 1 atom stereocenters. The number of nitrogens with zero attached hydrogens (tertiary/aromatic N) is 1. The highest BCUT2D eigenvalue weighted by atomic mass is 35.5. The van der Waals surface area contributed by atoms with Gasteiger partial charge < -0.3 is 9.84 Å². The normalized spacial score (nSPS) is 17.9. The molecule has 31 heavy (non-hydrogen) atoms. The predicted molar refractivity (Wildman–Crippen MR) is 123 cm³/mol. The van der Waals surface area contributed by atoms with E-state index in [1.807, 2.05) is 36.6 Å². The Balaban J connectivity index is 2.00. The fourth-order valence-electron chi connectivity index (χ4n) is 3.72. The van der Waals surface area contributed by atoms with Crippen molar-refractivity contribution in [2.75, 3.05) is 12.0 Å². The van der Waals surface area contributed by atoms with Crippen molar-refractivity contribution >= 4 is 57.7 Å². The summed E-state index contributed by atoms with van der Waals surface area (Å²) in [6.07, 6.45) is 0. The van der Waals surface area contributed by atoms with Gasteiger partial charge in [0, 0.05) is 15.6 Å². The van der Waals surface area contributed by atoms with Crippen molar-refractivity contribution in [1.29, 1.82) is 0 Å². The summed E-state index contributed by atoms with van der Waals surface area (Å²) in [5.41, 5.74) is 1.52. The fraction of sp³-hybridized carbons (Fsp3) is 0.130. The number of ether oxygens (including phenoxy) is 1. The van der Waals surface area contributed by atoms with Gasteiger partial charge in [0.2, 0.25) is 0 Å². The van der Waals surface area contributed by atoms with Crippen molar-refractivity contribution in [3.63, 3.8) is 0 Å². The van der Waals surface area contributed by atoms with Crippen LogP contribution in [0.25, 0.3) is 5.76 Å². The summed E-state index contributed by atoms with van der Waals surface area (Å²) in [6, 6.07) is 13.1. The van der Waals surface area contributed by atoms with Crippen LogP contribution in [-0.2, 0) is 9.59 Å². The maximum atomic E-state index is 13.2. The topological polar surface area (TPSA) is 66.8 Å². The number of para-hydroxylation sites is 1. The Bertz CT molecular complexity index is 1220. The molecule has 1 fully saturated rings. The SMILES string of the molecule is COc1c(Cl)cc(Cl)cc1/C(O)=C1/C(=O)C(=O)N(c2ccccc2C)C1c1cccs1. The molecule has 1 N–H and O–H groups in total. The van der Waals surface area contributed by atoms with E-state index in [0.29, 0.717) is 5.69 Å². The molecular formula is C23H17Cl2NO4S. The van der Waals surface area contributed by atoms with Crippen LogP contribution in [0, 0.1) is 6.92 Å². The molecule has 1 aliphatic heterocycles. The van der Waals surface area contributed by atoms with Gasteiger partial charge in [-0.15, -0.1) is 11.3 Å². The van der Waals surface area contributed by atoms with Crippen LogP contribution in [-0.4, -0.2) is 23.9 Å². The molecule has 0 bridgehead atoms. The van der Waals surface area contributed by atoms with E-state index in [1.165, 1.54) is 35.5 Å². The highest BCUT2D eigenvalue weighted by molar-refractivity contribution is 7.10. The summed E-state index contributed by atoms with van der Waals surface area (Å²) in [6.45, 7) is 1.86. The third-order valence-corrected chi connectivity index (χ3v) is 6.52. The van der Waals surface area contributed by atoms with Gasteiger partial charge in [0.05, 0.1) is 23.3 Å². The van der Waals surface area contributed by atoms with Crippen LogP contribution in [0.15, 0.2) is 59.5 Å². The number of hydrogen-bond acceptors (Lipinski definition) is 5. The number of aliphatic hydroxyl groups excluding tert-OH is 1. The van der Waals surface area contributed by atoms with E-state index in [4.69, 9.17) is 27.9 Å². The minimum atomic E-state index is -0.802. The zero-order chi connectivity index (χ0) is 22.3. The van der Waals surface area contributed by atoms with Crippen molar-refractivity contribution < 1.29 is 19.4 Å². The third-order valence-electron chi connectivity index (χ3n) is 5.10. The van der Waals surface area contributed by atoms with Gasteiger partial charge in [-0.3, -0.25) is 14.5 Å². The number of carbonyl (C=O) groups excluding carboxylic acids is 2. The number of aliphatic hydroxyl groups is 1. The Kier molecular flexibility index (Phi) is 5.79. The zero-order valence-electron chi connectivity index (χ0n) is 16.6. The molecule has 4 rings (SSSR count).